The van der Waals surface area contributed by atoms with Gasteiger partial charge in [-0.1, -0.05) is 53.7 Å². The van der Waals surface area contributed by atoms with Gasteiger partial charge in [0.25, 0.3) is 11.8 Å². The average Bonchev–Trinajstić information content (AvgIpc) is 3.27. The highest BCUT2D eigenvalue weighted by Gasteiger charge is 2.32. The van der Waals surface area contributed by atoms with E-state index in [9.17, 15) is 9.59 Å². The third-order valence-corrected chi connectivity index (χ3v) is 6.20. The van der Waals surface area contributed by atoms with Gasteiger partial charge in [-0.15, -0.1) is 5.10 Å². The van der Waals surface area contributed by atoms with E-state index >= 15 is 0 Å². The number of rotatable bonds is 3. The number of piperazine rings is 1. The zero-order valence-electron chi connectivity index (χ0n) is 18.0. The maximum atomic E-state index is 13.1. The summed E-state index contributed by atoms with van der Waals surface area (Å²) in [6, 6.07) is 17.6. The van der Waals surface area contributed by atoms with Crippen LogP contribution in [0.5, 0.6) is 0 Å². The van der Waals surface area contributed by atoms with Gasteiger partial charge in [-0.05, 0) is 24.1 Å². The van der Waals surface area contributed by atoms with Crippen LogP contribution in [0.2, 0.25) is 0 Å². The lowest BCUT2D eigenvalue weighted by molar-refractivity contribution is -0.00202. The van der Waals surface area contributed by atoms with E-state index in [1.807, 2.05) is 61.5 Å². The second kappa shape index (κ2) is 8.55. The first kappa shape index (κ1) is 20.4. The Bertz CT molecular complexity index is 1140. The van der Waals surface area contributed by atoms with Crippen molar-refractivity contribution in [3.05, 3.63) is 82.7 Å². The quantitative estimate of drug-likeness (QED) is 0.636. The molecular formula is C24H25N5O3. The molecule has 2 amide bonds. The van der Waals surface area contributed by atoms with Gasteiger partial charge in [0, 0.05) is 31.7 Å². The monoisotopic (exact) mass is 431 g/mol. The Kier molecular flexibility index (Phi) is 5.45. The third-order valence-electron chi connectivity index (χ3n) is 6.20. The van der Waals surface area contributed by atoms with E-state index < -0.39 is 0 Å². The molecule has 0 bridgehead atoms. The van der Waals surface area contributed by atoms with Crippen molar-refractivity contribution < 1.29 is 14.3 Å². The number of amides is 2. The van der Waals surface area contributed by atoms with Gasteiger partial charge in [-0.25, -0.2) is 4.68 Å². The lowest BCUT2D eigenvalue weighted by Crippen LogP contribution is -2.51. The first-order valence-corrected chi connectivity index (χ1v) is 10.8. The molecule has 0 saturated carbocycles. The molecule has 5 rings (SSSR count). The van der Waals surface area contributed by atoms with Gasteiger partial charge in [-0.3, -0.25) is 9.59 Å². The fourth-order valence-electron chi connectivity index (χ4n) is 4.29. The average molecular weight is 431 g/mol. The van der Waals surface area contributed by atoms with Crippen LogP contribution in [0, 0.1) is 6.92 Å². The Morgan fingerprint density at radius 2 is 1.56 bits per heavy atom. The van der Waals surface area contributed by atoms with Gasteiger partial charge in [0.1, 0.15) is 6.10 Å². The molecule has 8 nitrogen and oxygen atoms in total. The predicted octanol–water partition coefficient (Wildman–Crippen LogP) is 2.46. The van der Waals surface area contributed by atoms with Crippen LogP contribution >= 0.6 is 0 Å². The maximum Gasteiger partial charge on any atom is 0.276 e. The summed E-state index contributed by atoms with van der Waals surface area (Å²) in [5.41, 5.74) is 3.80. The molecule has 3 heterocycles. The largest absolute Gasteiger partial charge is 0.365 e. The summed E-state index contributed by atoms with van der Waals surface area (Å²) in [4.78, 5) is 29.5. The molecule has 2 aliphatic rings. The molecular weight excluding hydrogens is 406 g/mol. The Morgan fingerprint density at radius 1 is 0.906 bits per heavy atom. The summed E-state index contributed by atoms with van der Waals surface area (Å²) < 4.78 is 7.78. The Hall–Kier alpha value is -3.52. The van der Waals surface area contributed by atoms with Crippen LogP contribution in [0.1, 0.15) is 43.8 Å². The zero-order chi connectivity index (χ0) is 22.1. The van der Waals surface area contributed by atoms with Crippen LogP contribution in [0.25, 0.3) is 0 Å². The number of aryl methyl sites for hydroxylation is 1. The molecule has 1 aromatic heterocycles. The van der Waals surface area contributed by atoms with Crippen molar-refractivity contribution in [1.82, 2.24) is 24.8 Å². The Balaban J connectivity index is 1.24. The van der Waals surface area contributed by atoms with Crippen LogP contribution in [-0.4, -0.2) is 62.8 Å². The molecule has 1 saturated heterocycles. The van der Waals surface area contributed by atoms with Crippen molar-refractivity contribution in [2.45, 2.75) is 26.2 Å². The molecule has 0 N–H and O–H groups in total. The fraction of sp³-hybridized carbons (Fsp3) is 0.333. The van der Waals surface area contributed by atoms with Crippen LogP contribution in [0.15, 0.2) is 54.6 Å². The van der Waals surface area contributed by atoms with E-state index in [1.165, 1.54) is 0 Å². The lowest BCUT2D eigenvalue weighted by Gasteiger charge is -2.35. The normalized spacial score (nSPS) is 18.3. The number of hydrogen-bond acceptors (Lipinski definition) is 5. The molecule has 8 heteroatoms. The van der Waals surface area contributed by atoms with Crippen molar-refractivity contribution in [2.24, 2.45) is 0 Å². The minimum absolute atomic E-state index is 0.0107. The number of carbonyl (C=O) groups excluding carboxylic acids is 2. The number of fused-ring (bicyclic) bond motifs is 1. The number of aromatic nitrogens is 3. The highest BCUT2D eigenvalue weighted by atomic mass is 16.5. The molecule has 32 heavy (non-hydrogen) atoms. The number of hydrogen-bond donors (Lipinski definition) is 0. The van der Waals surface area contributed by atoms with Crippen LogP contribution < -0.4 is 0 Å². The summed E-state index contributed by atoms with van der Waals surface area (Å²) in [5.74, 6) is -0.146. The van der Waals surface area contributed by atoms with Crippen LogP contribution in [0.4, 0.5) is 0 Å². The van der Waals surface area contributed by atoms with Gasteiger partial charge < -0.3 is 14.5 Å². The van der Waals surface area contributed by atoms with E-state index in [2.05, 4.69) is 10.3 Å². The van der Waals surface area contributed by atoms with E-state index in [0.717, 1.165) is 11.1 Å². The van der Waals surface area contributed by atoms with Crippen molar-refractivity contribution in [3.63, 3.8) is 0 Å². The maximum absolute atomic E-state index is 13.1. The van der Waals surface area contributed by atoms with Gasteiger partial charge >= 0.3 is 0 Å². The summed E-state index contributed by atoms with van der Waals surface area (Å²) in [7, 11) is 0. The van der Waals surface area contributed by atoms with Gasteiger partial charge in [0.2, 0.25) is 0 Å². The molecule has 1 atom stereocenters. The lowest BCUT2D eigenvalue weighted by atomic mass is 10.1. The standard InChI is InChI=1S/C24H25N5O3/c1-17-7-5-6-10-19(17)23(30)27-11-13-28(14-12-27)24(31)22-20-16-32-21(15-29(20)26-25-22)18-8-3-2-4-9-18/h2-10,21H,11-16H2,1H3/t21-/m0/s1. The van der Waals surface area contributed by atoms with E-state index in [1.54, 1.807) is 14.5 Å². The van der Waals surface area contributed by atoms with E-state index in [0.29, 0.717) is 56.3 Å². The SMILES string of the molecule is Cc1ccccc1C(=O)N1CCN(C(=O)c2nnn3c2CO[C@H](c2ccccc2)C3)CC1. The fourth-order valence-corrected chi connectivity index (χ4v) is 4.29. The molecule has 0 aliphatic carbocycles. The number of benzene rings is 2. The van der Waals surface area contributed by atoms with Crippen molar-refractivity contribution in [3.8, 4) is 0 Å². The summed E-state index contributed by atoms with van der Waals surface area (Å²) in [6.07, 6.45) is -0.107. The summed E-state index contributed by atoms with van der Waals surface area (Å²) in [6.45, 7) is 4.68. The second-order valence-corrected chi connectivity index (χ2v) is 8.18. The molecule has 164 valence electrons. The van der Waals surface area contributed by atoms with Gasteiger partial charge in [-0.2, -0.15) is 0 Å². The third kappa shape index (κ3) is 3.78. The Morgan fingerprint density at radius 3 is 2.28 bits per heavy atom. The number of carbonyl (C=O) groups is 2. The Labute approximate surface area is 186 Å². The molecule has 2 aliphatic heterocycles. The molecule has 1 fully saturated rings. The van der Waals surface area contributed by atoms with E-state index in [-0.39, 0.29) is 17.9 Å². The van der Waals surface area contributed by atoms with E-state index in [4.69, 9.17) is 4.74 Å². The smallest absolute Gasteiger partial charge is 0.276 e. The molecule has 2 aromatic carbocycles. The summed E-state index contributed by atoms with van der Waals surface area (Å²) >= 11 is 0. The van der Waals surface area contributed by atoms with Crippen LogP contribution in [0.3, 0.4) is 0 Å². The molecule has 0 unspecified atom stereocenters. The molecule has 3 aromatic rings. The highest BCUT2D eigenvalue weighted by molar-refractivity contribution is 5.96. The highest BCUT2D eigenvalue weighted by Crippen LogP contribution is 2.27. The summed E-state index contributed by atoms with van der Waals surface area (Å²) in [5, 5.41) is 8.39. The van der Waals surface area contributed by atoms with Gasteiger partial charge in [0.15, 0.2) is 5.69 Å². The van der Waals surface area contributed by atoms with Crippen molar-refractivity contribution in [1.29, 1.82) is 0 Å². The number of ether oxygens (including phenoxy) is 1. The minimum atomic E-state index is -0.156. The zero-order valence-corrected chi connectivity index (χ0v) is 18.0. The topological polar surface area (TPSA) is 80.6 Å². The first-order chi connectivity index (χ1) is 15.6. The van der Waals surface area contributed by atoms with Crippen LogP contribution in [-0.2, 0) is 17.9 Å². The van der Waals surface area contributed by atoms with Crippen molar-refractivity contribution in [2.75, 3.05) is 26.2 Å². The second-order valence-electron chi connectivity index (χ2n) is 8.18. The molecule has 0 spiro atoms. The number of nitrogens with zero attached hydrogens (tertiary/aromatic N) is 5. The predicted molar refractivity (Wildman–Crippen MR) is 117 cm³/mol. The molecule has 0 radical (unpaired) electrons. The first-order valence-electron chi connectivity index (χ1n) is 10.8. The van der Waals surface area contributed by atoms with Crippen molar-refractivity contribution >= 4 is 11.8 Å². The van der Waals surface area contributed by atoms with Gasteiger partial charge in [0.05, 0.1) is 18.8 Å². The minimum Gasteiger partial charge on any atom is -0.365 e.